The molecule has 0 bridgehead atoms. The summed E-state index contributed by atoms with van der Waals surface area (Å²) in [6.07, 6.45) is 0. The van der Waals surface area contributed by atoms with Crippen LogP contribution in [0.1, 0.15) is 27.3 Å². The average Bonchev–Trinajstić information content (AvgIpc) is 3.14. The lowest BCUT2D eigenvalue weighted by atomic mass is 10.1. The van der Waals surface area contributed by atoms with E-state index in [2.05, 4.69) is 15.3 Å². The zero-order valence-electron chi connectivity index (χ0n) is 16.1. The summed E-state index contributed by atoms with van der Waals surface area (Å²) in [5.74, 6) is -0.406. The molecular formula is C20H17Cl2N3O3S2. The van der Waals surface area contributed by atoms with E-state index in [1.54, 1.807) is 42.2 Å². The van der Waals surface area contributed by atoms with Crippen LogP contribution in [0, 0.1) is 13.8 Å². The molecule has 30 heavy (non-hydrogen) atoms. The number of halogens is 2. The summed E-state index contributed by atoms with van der Waals surface area (Å²) in [6, 6.07) is 8.61. The first-order chi connectivity index (χ1) is 14.3. The van der Waals surface area contributed by atoms with Gasteiger partial charge in [0, 0.05) is 16.8 Å². The van der Waals surface area contributed by atoms with E-state index in [0.717, 1.165) is 15.6 Å². The highest BCUT2D eigenvalue weighted by molar-refractivity contribution is 8.00. The molecule has 0 saturated heterocycles. The fourth-order valence-electron chi connectivity index (χ4n) is 2.41. The summed E-state index contributed by atoms with van der Waals surface area (Å²) in [4.78, 5) is 33.2. The first-order valence-corrected chi connectivity index (χ1v) is 11.4. The maximum absolute atomic E-state index is 12.5. The third-order valence-electron chi connectivity index (χ3n) is 3.88. The normalized spacial score (nSPS) is 10.7. The van der Waals surface area contributed by atoms with Crippen LogP contribution < -0.4 is 5.32 Å². The highest BCUT2D eigenvalue weighted by atomic mass is 35.5. The number of hydrogen-bond donors (Lipinski definition) is 1. The van der Waals surface area contributed by atoms with Gasteiger partial charge < -0.3 is 10.1 Å². The Morgan fingerprint density at radius 1 is 1.17 bits per heavy atom. The van der Waals surface area contributed by atoms with Crippen LogP contribution >= 0.6 is 46.3 Å². The minimum Gasteiger partial charge on any atom is -0.452 e. The van der Waals surface area contributed by atoms with Crippen molar-refractivity contribution < 1.29 is 14.3 Å². The quantitative estimate of drug-likeness (QED) is 0.351. The van der Waals surface area contributed by atoms with E-state index in [4.69, 9.17) is 27.9 Å². The number of carbonyl (C=O) groups is 2. The molecule has 0 atom stereocenters. The summed E-state index contributed by atoms with van der Waals surface area (Å²) in [5, 5.41) is 5.09. The Morgan fingerprint density at radius 2 is 1.93 bits per heavy atom. The number of thiazole rings is 1. The topological polar surface area (TPSA) is 81.2 Å². The van der Waals surface area contributed by atoms with Crippen LogP contribution in [0.5, 0.6) is 0 Å². The minimum atomic E-state index is -0.581. The third-order valence-corrected chi connectivity index (χ3v) is 6.74. The lowest BCUT2D eigenvalue weighted by molar-refractivity contribution is -0.119. The van der Waals surface area contributed by atoms with E-state index < -0.39 is 18.5 Å². The van der Waals surface area contributed by atoms with Crippen LogP contribution in [0.3, 0.4) is 0 Å². The van der Waals surface area contributed by atoms with Crippen molar-refractivity contribution in [1.82, 2.24) is 9.97 Å². The molecule has 1 amide bonds. The summed E-state index contributed by atoms with van der Waals surface area (Å²) in [5.41, 5.74) is 2.70. The van der Waals surface area contributed by atoms with Crippen molar-refractivity contribution in [3.8, 4) is 0 Å². The lowest BCUT2D eigenvalue weighted by Gasteiger charge is -2.10. The number of nitrogens with zero attached hydrogens (tertiary/aromatic N) is 2. The van der Waals surface area contributed by atoms with Gasteiger partial charge in [-0.05, 0) is 31.5 Å². The molecule has 1 aromatic carbocycles. The number of aromatic nitrogens is 2. The van der Waals surface area contributed by atoms with Crippen molar-refractivity contribution >= 4 is 64.0 Å². The Morgan fingerprint density at radius 3 is 2.67 bits per heavy atom. The smallest absolute Gasteiger partial charge is 0.338 e. The Kier molecular flexibility index (Phi) is 7.71. The monoisotopic (exact) mass is 481 g/mol. The van der Waals surface area contributed by atoms with Gasteiger partial charge in [0.15, 0.2) is 12.4 Å². The standard InChI is InChI=1S/C20H17Cl2N3O3S2/c1-11-9-29-20(23-11)30-10-13-5-3-4-6-14(13)19(27)28-8-17(26)25-18-16(22)7-15(21)12(2)24-18/h3-7,9H,8,10H2,1-2H3,(H,24,25,26). The highest BCUT2D eigenvalue weighted by Gasteiger charge is 2.16. The van der Waals surface area contributed by atoms with Gasteiger partial charge in [0.05, 0.1) is 21.3 Å². The summed E-state index contributed by atoms with van der Waals surface area (Å²) in [7, 11) is 0. The Hall–Kier alpha value is -2.13. The average molecular weight is 482 g/mol. The molecule has 0 saturated carbocycles. The fourth-order valence-corrected chi connectivity index (χ4v) is 4.67. The molecule has 2 heterocycles. The van der Waals surface area contributed by atoms with Crippen LogP contribution in [0.15, 0.2) is 40.1 Å². The van der Waals surface area contributed by atoms with Crippen molar-refractivity contribution in [3.63, 3.8) is 0 Å². The molecule has 0 radical (unpaired) electrons. The molecule has 0 unspecified atom stereocenters. The van der Waals surface area contributed by atoms with Gasteiger partial charge in [-0.25, -0.2) is 14.8 Å². The zero-order valence-corrected chi connectivity index (χ0v) is 19.2. The van der Waals surface area contributed by atoms with Crippen molar-refractivity contribution in [2.75, 3.05) is 11.9 Å². The third kappa shape index (κ3) is 5.95. The molecule has 0 aliphatic rings. The Balaban J connectivity index is 1.59. The molecule has 10 heteroatoms. The van der Waals surface area contributed by atoms with Gasteiger partial charge in [0.2, 0.25) is 0 Å². The molecule has 3 rings (SSSR count). The SMILES string of the molecule is Cc1csc(SCc2ccccc2C(=O)OCC(=O)Nc2nc(C)c(Cl)cc2Cl)n1. The van der Waals surface area contributed by atoms with Crippen LogP contribution in [-0.2, 0) is 15.3 Å². The maximum Gasteiger partial charge on any atom is 0.338 e. The van der Waals surface area contributed by atoms with Gasteiger partial charge in [-0.1, -0.05) is 53.2 Å². The number of ether oxygens (including phenoxy) is 1. The number of hydrogen-bond acceptors (Lipinski definition) is 7. The van der Waals surface area contributed by atoms with Gasteiger partial charge in [-0.3, -0.25) is 4.79 Å². The zero-order chi connectivity index (χ0) is 21.7. The van der Waals surface area contributed by atoms with Gasteiger partial charge in [-0.15, -0.1) is 11.3 Å². The molecule has 0 spiro atoms. The minimum absolute atomic E-state index is 0.162. The number of aryl methyl sites for hydroxylation is 2. The van der Waals surface area contributed by atoms with E-state index >= 15 is 0 Å². The van der Waals surface area contributed by atoms with E-state index in [1.807, 2.05) is 24.4 Å². The lowest BCUT2D eigenvalue weighted by Crippen LogP contribution is -2.22. The van der Waals surface area contributed by atoms with Crippen molar-refractivity contribution in [2.45, 2.75) is 23.9 Å². The number of esters is 1. The van der Waals surface area contributed by atoms with E-state index in [1.165, 1.54) is 6.07 Å². The first-order valence-electron chi connectivity index (χ1n) is 8.76. The van der Waals surface area contributed by atoms with E-state index in [9.17, 15) is 9.59 Å². The summed E-state index contributed by atoms with van der Waals surface area (Å²) < 4.78 is 6.11. The van der Waals surface area contributed by atoms with E-state index in [-0.39, 0.29) is 10.8 Å². The van der Waals surface area contributed by atoms with Crippen LogP contribution in [-0.4, -0.2) is 28.5 Å². The number of nitrogens with one attached hydrogen (secondary N) is 1. The molecule has 6 nitrogen and oxygen atoms in total. The second-order valence-corrected chi connectivity index (χ2v) is 9.11. The maximum atomic E-state index is 12.5. The van der Waals surface area contributed by atoms with Gasteiger partial charge in [-0.2, -0.15) is 0 Å². The van der Waals surface area contributed by atoms with Gasteiger partial charge in [0.1, 0.15) is 4.34 Å². The molecule has 2 aromatic heterocycles. The molecule has 0 aliphatic heterocycles. The number of benzene rings is 1. The summed E-state index contributed by atoms with van der Waals surface area (Å²) >= 11 is 15.1. The Labute approximate surface area is 192 Å². The van der Waals surface area contributed by atoms with Crippen molar-refractivity contribution in [1.29, 1.82) is 0 Å². The molecule has 0 aliphatic carbocycles. The number of carbonyl (C=O) groups excluding carboxylic acids is 2. The van der Waals surface area contributed by atoms with Gasteiger partial charge in [0.25, 0.3) is 5.91 Å². The number of amides is 1. The Bertz CT molecular complexity index is 1090. The number of rotatable bonds is 7. The van der Waals surface area contributed by atoms with Crippen molar-refractivity contribution in [3.05, 3.63) is 68.3 Å². The van der Waals surface area contributed by atoms with Gasteiger partial charge >= 0.3 is 5.97 Å². The molecule has 0 fully saturated rings. The van der Waals surface area contributed by atoms with Crippen LogP contribution in [0.4, 0.5) is 5.82 Å². The van der Waals surface area contributed by atoms with E-state index in [0.29, 0.717) is 22.0 Å². The van der Waals surface area contributed by atoms with Crippen LogP contribution in [0.25, 0.3) is 0 Å². The first kappa shape index (κ1) is 22.6. The number of pyridine rings is 1. The highest BCUT2D eigenvalue weighted by Crippen LogP contribution is 2.28. The molecule has 156 valence electrons. The molecule has 3 aromatic rings. The summed E-state index contributed by atoms with van der Waals surface area (Å²) in [6.45, 7) is 3.16. The fraction of sp³-hybridized carbons (Fsp3) is 0.200. The van der Waals surface area contributed by atoms with Crippen LogP contribution in [0.2, 0.25) is 10.0 Å². The predicted molar refractivity (Wildman–Crippen MR) is 121 cm³/mol. The predicted octanol–water partition coefficient (Wildman–Crippen LogP) is 5.55. The second-order valence-electron chi connectivity index (χ2n) is 6.21. The molecule has 1 N–H and O–H groups in total. The number of thioether (sulfide) groups is 1. The second kappa shape index (κ2) is 10.3. The molecular weight excluding hydrogens is 465 g/mol. The van der Waals surface area contributed by atoms with Crippen molar-refractivity contribution in [2.24, 2.45) is 0 Å². The number of anilines is 1. The largest absolute Gasteiger partial charge is 0.452 e.